The number of carbonyl (C=O) groups is 1. The van der Waals surface area contributed by atoms with Crippen molar-refractivity contribution in [2.75, 3.05) is 13.1 Å². The summed E-state index contributed by atoms with van der Waals surface area (Å²) < 4.78 is 2.11. The fourth-order valence-electron chi connectivity index (χ4n) is 6.69. The van der Waals surface area contributed by atoms with Crippen molar-refractivity contribution in [2.24, 2.45) is 11.7 Å². The van der Waals surface area contributed by atoms with E-state index in [9.17, 15) is 9.90 Å². The summed E-state index contributed by atoms with van der Waals surface area (Å²) in [4.78, 5) is 21.2. The Morgan fingerprint density at radius 2 is 1.87 bits per heavy atom. The van der Waals surface area contributed by atoms with E-state index in [4.69, 9.17) is 10.7 Å². The third kappa shape index (κ3) is 4.87. The first kappa shape index (κ1) is 28.6. The van der Waals surface area contributed by atoms with Crippen LogP contribution in [0.3, 0.4) is 0 Å². The van der Waals surface area contributed by atoms with Gasteiger partial charge >= 0.3 is 0 Å². The molecule has 204 valence electrons. The third-order valence-corrected chi connectivity index (χ3v) is 8.52. The van der Waals surface area contributed by atoms with Crippen LogP contribution >= 0.6 is 24.8 Å². The van der Waals surface area contributed by atoms with Crippen LogP contribution in [0, 0.1) is 5.92 Å². The van der Waals surface area contributed by atoms with Crippen LogP contribution in [0.2, 0.25) is 0 Å². The molecule has 3 atom stereocenters. The van der Waals surface area contributed by atoms with Crippen LogP contribution in [0.1, 0.15) is 59.5 Å². The number of halogens is 2. The molecule has 2 aromatic carbocycles. The van der Waals surface area contributed by atoms with Gasteiger partial charge in [-0.25, -0.2) is 4.98 Å². The Bertz CT molecular complexity index is 1270. The predicted octanol–water partition coefficient (Wildman–Crippen LogP) is 4.25. The third-order valence-electron chi connectivity index (χ3n) is 8.52. The number of hydrogen-bond donors (Lipinski definition) is 3. The topological polar surface area (TPSA) is 96.4 Å². The van der Waals surface area contributed by atoms with Crippen molar-refractivity contribution in [3.05, 3.63) is 77.2 Å². The molecule has 4 N–H and O–H groups in total. The maximum Gasteiger partial charge on any atom is 0.290 e. The maximum absolute atomic E-state index is 14.2. The molecule has 1 amide bonds. The van der Waals surface area contributed by atoms with E-state index in [-0.39, 0.29) is 42.7 Å². The molecular formula is C29H37Cl2N5O2. The summed E-state index contributed by atoms with van der Waals surface area (Å²) in [5.74, 6) is 0.546. The number of amides is 1. The monoisotopic (exact) mass is 557 g/mol. The van der Waals surface area contributed by atoms with Gasteiger partial charge in [0.15, 0.2) is 5.82 Å². The van der Waals surface area contributed by atoms with Gasteiger partial charge in [0.1, 0.15) is 0 Å². The number of rotatable bonds is 4. The Labute approximate surface area is 236 Å². The van der Waals surface area contributed by atoms with E-state index >= 15 is 0 Å². The Balaban J connectivity index is 0.00000168. The second-order valence-corrected chi connectivity index (χ2v) is 10.5. The zero-order valence-corrected chi connectivity index (χ0v) is 23.1. The van der Waals surface area contributed by atoms with E-state index in [0.29, 0.717) is 31.9 Å². The molecule has 2 aliphatic heterocycles. The molecule has 38 heavy (non-hydrogen) atoms. The number of nitrogens with two attached hydrogens (primary N) is 1. The molecule has 3 unspecified atom stereocenters. The fourth-order valence-corrected chi connectivity index (χ4v) is 6.69. The van der Waals surface area contributed by atoms with Gasteiger partial charge in [-0.2, -0.15) is 0 Å². The van der Waals surface area contributed by atoms with Gasteiger partial charge in [-0.1, -0.05) is 61.4 Å². The number of nitrogens with one attached hydrogen (secondary N) is 1. The smallest absolute Gasteiger partial charge is 0.290 e. The van der Waals surface area contributed by atoms with Crippen LogP contribution < -0.4 is 11.1 Å². The second kappa shape index (κ2) is 11.8. The van der Waals surface area contributed by atoms with Crippen LogP contribution in [-0.2, 0) is 25.2 Å². The highest BCUT2D eigenvalue weighted by Gasteiger charge is 2.51. The summed E-state index contributed by atoms with van der Waals surface area (Å²) in [5.41, 5.74) is 9.93. The van der Waals surface area contributed by atoms with E-state index in [1.54, 1.807) is 0 Å². The van der Waals surface area contributed by atoms with E-state index < -0.39 is 5.60 Å². The SMILES string of the molecule is Cl.Cl.NCc1cccc(-c2nc(C(=O)N3CCC(O)(c4ccccc4)C4CCCCC43)n3c2CNCC3)c1. The van der Waals surface area contributed by atoms with Crippen molar-refractivity contribution in [3.63, 3.8) is 0 Å². The molecule has 9 heteroatoms. The molecule has 2 fully saturated rings. The lowest BCUT2D eigenvalue weighted by Gasteiger charge is -2.52. The highest BCUT2D eigenvalue weighted by atomic mass is 35.5. The van der Waals surface area contributed by atoms with Gasteiger partial charge in [0, 0.05) is 50.2 Å². The lowest BCUT2D eigenvalue weighted by molar-refractivity contribution is -0.110. The van der Waals surface area contributed by atoms with E-state index in [0.717, 1.165) is 66.9 Å². The minimum absolute atomic E-state index is 0. The van der Waals surface area contributed by atoms with Crippen molar-refractivity contribution in [1.29, 1.82) is 0 Å². The molecule has 7 nitrogen and oxygen atoms in total. The molecule has 0 spiro atoms. The van der Waals surface area contributed by atoms with Gasteiger partial charge in [0.2, 0.25) is 0 Å². The fraction of sp³-hybridized carbons (Fsp3) is 0.448. The molecule has 1 saturated carbocycles. The quantitative estimate of drug-likeness (QED) is 0.445. The second-order valence-electron chi connectivity index (χ2n) is 10.5. The molecule has 1 aliphatic carbocycles. The Morgan fingerprint density at radius 3 is 2.66 bits per heavy atom. The first-order chi connectivity index (χ1) is 17.6. The van der Waals surface area contributed by atoms with Gasteiger partial charge in [-0.15, -0.1) is 24.8 Å². The van der Waals surface area contributed by atoms with E-state index in [1.165, 1.54) is 0 Å². The van der Waals surface area contributed by atoms with Crippen LogP contribution in [0.5, 0.6) is 0 Å². The van der Waals surface area contributed by atoms with Gasteiger partial charge in [-0.05, 0) is 36.5 Å². The number of imidazole rings is 1. The number of nitrogens with zero attached hydrogens (tertiary/aromatic N) is 3. The molecule has 3 aliphatic rings. The summed E-state index contributed by atoms with van der Waals surface area (Å²) in [5, 5.41) is 15.4. The average molecular weight is 559 g/mol. The lowest BCUT2D eigenvalue weighted by atomic mass is 9.66. The molecule has 6 rings (SSSR count). The van der Waals surface area contributed by atoms with Gasteiger partial charge in [-0.3, -0.25) is 4.79 Å². The average Bonchev–Trinajstić information content (AvgIpc) is 3.33. The first-order valence-electron chi connectivity index (χ1n) is 13.3. The van der Waals surface area contributed by atoms with Crippen molar-refractivity contribution >= 4 is 30.7 Å². The Morgan fingerprint density at radius 1 is 1.08 bits per heavy atom. The zero-order valence-electron chi connectivity index (χ0n) is 21.5. The number of hydrogen-bond acceptors (Lipinski definition) is 5. The van der Waals surface area contributed by atoms with Crippen LogP contribution in [-0.4, -0.2) is 44.6 Å². The largest absolute Gasteiger partial charge is 0.385 e. The molecule has 0 radical (unpaired) electrons. The molecule has 0 bridgehead atoms. The minimum Gasteiger partial charge on any atom is -0.385 e. The number of fused-ring (bicyclic) bond motifs is 2. The summed E-state index contributed by atoms with van der Waals surface area (Å²) in [6.07, 6.45) is 4.57. The number of benzene rings is 2. The molecule has 3 heterocycles. The number of aliphatic hydroxyl groups is 1. The minimum atomic E-state index is -0.896. The lowest BCUT2D eigenvalue weighted by Crippen LogP contribution is -2.59. The van der Waals surface area contributed by atoms with Gasteiger partial charge in [0.25, 0.3) is 5.91 Å². The van der Waals surface area contributed by atoms with Gasteiger partial charge in [0.05, 0.1) is 17.0 Å². The van der Waals surface area contributed by atoms with Crippen molar-refractivity contribution in [1.82, 2.24) is 19.8 Å². The Hall–Kier alpha value is -2.42. The normalized spacial score (nSPS) is 24.4. The number of carbonyl (C=O) groups excluding carboxylic acids is 1. The van der Waals surface area contributed by atoms with Crippen molar-refractivity contribution < 1.29 is 9.90 Å². The van der Waals surface area contributed by atoms with Crippen LogP contribution in [0.4, 0.5) is 0 Å². The number of piperidine rings is 1. The summed E-state index contributed by atoms with van der Waals surface area (Å²) in [7, 11) is 0. The summed E-state index contributed by atoms with van der Waals surface area (Å²) in [6, 6.07) is 18.2. The molecule has 1 saturated heterocycles. The Kier molecular flexibility index (Phi) is 8.85. The van der Waals surface area contributed by atoms with Gasteiger partial charge < -0.3 is 25.6 Å². The van der Waals surface area contributed by atoms with Crippen LogP contribution in [0.15, 0.2) is 54.6 Å². The molecule has 3 aromatic rings. The van der Waals surface area contributed by atoms with E-state index in [1.807, 2.05) is 53.4 Å². The highest BCUT2D eigenvalue weighted by molar-refractivity contribution is 5.92. The summed E-state index contributed by atoms with van der Waals surface area (Å²) >= 11 is 0. The zero-order chi connectivity index (χ0) is 24.7. The number of aromatic nitrogens is 2. The van der Waals surface area contributed by atoms with Crippen LogP contribution in [0.25, 0.3) is 11.3 Å². The van der Waals surface area contributed by atoms with Crippen molar-refractivity contribution in [3.8, 4) is 11.3 Å². The molecule has 1 aromatic heterocycles. The van der Waals surface area contributed by atoms with Crippen molar-refractivity contribution in [2.45, 2.75) is 63.4 Å². The number of likely N-dealkylation sites (tertiary alicyclic amines) is 1. The van der Waals surface area contributed by atoms with E-state index in [2.05, 4.69) is 16.0 Å². The molecular weight excluding hydrogens is 521 g/mol. The maximum atomic E-state index is 14.2. The first-order valence-corrected chi connectivity index (χ1v) is 13.3. The predicted molar refractivity (Wildman–Crippen MR) is 153 cm³/mol. The standard InChI is InChI=1S/C29H35N5O2.2ClH/c30-18-20-7-6-8-21(17-20)26-25-19-31-14-16-33(25)27(32-26)28(35)34-15-13-29(36,22-9-2-1-3-10-22)23-11-4-5-12-24(23)34;;/h1-3,6-10,17,23-24,31,36H,4-5,11-16,18-19,30H2;2*1H. The summed E-state index contributed by atoms with van der Waals surface area (Å²) in [6.45, 7) is 3.21. The highest BCUT2D eigenvalue weighted by Crippen LogP contribution is 2.47.